The lowest BCUT2D eigenvalue weighted by Gasteiger charge is -2.53. The van der Waals surface area contributed by atoms with E-state index in [0.29, 0.717) is 0 Å². The summed E-state index contributed by atoms with van der Waals surface area (Å²) in [5.74, 6) is 8.63. The second kappa shape index (κ2) is 12.5. The number of allylic oxidation sites excluding steroid dienone is 7. The summed E-state index contributed by atoms with van der Waals surface area (Å²) in [5.41, 5.74) is 10.5. The molecule has 1 aromatic heterocycles. The van der Waals surface area contributed by atoms with Crippen molar-refractivity contribution in [3.05, 3.63) is 168 Å². The van der Waals surface area contributed by atoms with Gasteiger partial charge in [-0.25, -0.2) is 0 Å². The summed E-state index contributed by atoms with van der Waals surface area (Å²) in [6.07, 6.45) is 24.9. The van der Waals surface area contributed by atoms with Crippen molar-refractivity contribution in [1.29, 1.82) is 0 Å². The van der Waals surface area contributed by atoms with Crippen molar-refractivity contribution in [3.8, 4) is 17.6 Å². The lowest BCUT2D eigenvalue weighted by atomic mass is 9.56. The fourth-order valence-corrected chi connectivity index (χ4v) is 10.6. The molecule has 53 heavy (non-hydrogen) atoms. The fraction of sp³-hybridized carbons (Fsp3) is 0.240. The molecule has 1 fully saturated rings. The first-order chi connectivity index (χ1) is 26.3. The minimum absolute atomic E-state index is 0.0276. The fourth-order valence-electron chi connectivity index (χ4n) is 10.6. The molecule has 1 saturated heterocycles. The standard InChI is InChI=1S/C50H41NO2/c1-3-16-32(17-4-1)34-23-14-30-44-47(34)49(38-21-8-11-28-42(38)52-44)50-39-22-9-12-29-43(39)53-45-31-15-25-36(48(45)50)35-24-13-27-41-46(35)37-20-7-10-26-40(37)51(41)33-18-5-2-6-19-33/h1,3-4,7,9-18,20,22-31,38,42,44-45,47-50H,2,5-6,19H2. The van der Waals surface area contributed by atoms with E-state index in [1.807, 2.05) is 6.08 Å². The van der Waals surface area contributed by atoms with Crippen molar-refractivity contribution in [3.63, 3.8) is 0 Å². The molecule has 4 aromatic carbocycles. The predicted octanol–water partition coefficient (Wildman–Crippen LogP) is 11.2. The summed E-state index contributed by atoms with van der Waals surface area (Å²) in [4.78, 5) is 0. The molecule has 0 saturated carbocycles. The molecule has 258 valence electrons. The van der Waals surface area contributed by atoms with Gasteiger partial charge in [0.15, 0.2) is 0 Å². The lowest BCUT2D eigenvalue weighted by molar-refractivity contribution is -0.0860. The number of benzene rings is 4. The van der Waals surface area contributed by atoms with Gasteiger partial charge in [0.25, 0.3) is 0 Å². The molecule has 0 amide bonds. The Morgan fingerprint density at radius 2 is 1.47 bits per heavy atom. The van der Waals surface area contributed by atoms with E-state index in [1.165, 1.54) is 68.2 Å². The quantitative estimate of drug-likeness (QED) is 0.176. The number of fused-ring (bicyclic) bond motifs is 7. The first-order valence-corrected chi connectivity index (χ1v) is 19.5. The zero-order valence-corrected chi connectivity index (χ0v) is 29.6. The molecule has 2 aliphatic heterocycles. The normalized spacial score (nSPS) is 29.4. The van der Waals surface area contributed by atoms with Crippen LogP contribution in [-0.4, -0.2) is 22.9 Å². The SMILES string of the molecule is C1#CC2C(C=C1)OC1C=CC=C(c3ccccc3)C1C2C1c2ccccc2OC2C=CC=C(c3cccc4c3c3ccccc3n4C3=CCCCC3)C21. The van der Waals surface area contributed by atoms with Crippen LogP contribution in [-0.2, 0) is 4.74 Å². The molecule has 8 atom stereocenters. The van der Waals surface area contributed by atoms with Crippen LogP contribution < -0.4 is 4.74 Å². The van der Waals surface area contributed by atoms with Gasteiger partial charge in [0, 0.05) is 34.2 Å². The van der Waals surface area contributed by atoms with Gasteiger partial charge >= 0.3 is 0 Å². The Bertz CT molecular complexity index is 2530. The van der Waals surface area contributed by atoms with Gasteiger partial charge in [-0.05, 0) is 95.9 Å². The van der Waals surface area contributed by atoms with Crippen LogP contribution in [0, 0.1) is 35.5 Å². The molecule has 0 bridgehead atoms. The van der Waals surface area contributed by atoms with Crippen LogP contribution in [0.15, 0.2) is 152 Å². The molecule has 0 spiro atoms. The molecule has 4 aliphatic carbocycles. The van der Waals surface area contributed by atoms with Gasteiger partial charge in [0.2, 0.25) is 0 Å². The van der Waals surface area contributed by atoms with E-state index < -0.39 is 0 Å². The van der Waals surface area contributed by atoms with Crippen LogP contribution in [0.2, 0.25) is 0 Å². The van der Waals surface area contributed by atoms with Gasteiger partial charge < -0.3 is 14.0 Å². The van der Waals surface area contributed by atoms with Crippen LogP contribution in [0.4, 0.5) is 0 Å². The molecule has 3 nitrogen and oxygen atoms in total. The highest BCUT2D eigenvalue weighted by molar-refractivity contribution is 6.14. The Kier molecular flexibility index (Phi) is 7.34. The number of rotatable bonds is 4. The molecule has 6 aliphatic rings. The molecule has 3 heterocycles. The Morgan fingerprint density at radius 1 is 0.660 bits per heavy atom. The molecule has 0 N–H and O–H groups in total. The highest BCUT2D eigenvalue weighted by Crippen LogP contribution is 2.59. The van der Waals surface area contributed by atoms with E-state index in [9.17, 15) is 0 Å². The van der Waals surface area contributed by atoms with E-state index >= 15 is 0 Å². The third-order valence-electron chi connectivity index (χ3n) is 12.7. The molecule has 11 rings (SSSR count). The first kappa shape index (κ1) is 31.0. The molecule has 8 unspecified atom stereocenters. The van der Waals surface area contributed by atoms with E-state index in [0.717, 1.165) is 18.6 Å². The van der Waals surface area contributed by atoms with Gasteiger partial charge in [-0.1, -0.05) is 127 Å². The molecule has 3 heteroatoms. The number of hydrogen-bond donors (Lipinski definition) is 0. The van der Waals surface area contributed by atoms with E-state index in [2.05, 4.69) is 162 Å². The third-order valence-corrected chi connectivity index (χ3v) is 12.7. The van der Waals surface area contributed by atoms with Gasteiger partial charge in [-0.15, -0.1) is 0 Å². The summed E-state index contributed by atoms with van der Waals surface area (Å²) in [6.45, 7) is 0. The van der Waals surface area contributed by atoms with Gasteiger partial charge in [-0.3, -0.25) is 0 Å². The van der Waals surface area contributed by atoms with Gasteiger partial charge in [0.1, 0.15) is 11.9 Å². The summed E-state index contributed by atoms with van der Waals surface area (Å²) >= 11 is 0. The van der Waals surface area contributed by atoms with Crippen molar-refractivity contribution in [1.82, 2.24) is 4.57 Å². The highest BCUT2D eigenvalue weighted by Gasteiger charge is 2.55. The van der Waals surface area contributed by atoms with E-state index in [4.69, 9.17) is 9.47 Å². The van der Waals surface area contributed by atoms with Gasteiger partial charge in [0.05, 0.1) is 29.2 Å². The Balaban J connectivity index is 1.14. The van der Waals surface area contributed by atoms with Crippen LogP contribution in [0.5, 0.6) is 5.75 Å². The van der Waals surface area contributed by atoms with Crippen LogP contribution in [0.25, 0.3) is 38.6 Å². The first-order valence-electron chi connectivity index (χ1n) is 19.5. The van der Waals surface area contributed by atoms with Crippen molar-refractivity contribution >= 4 is 38.6 Å². The smallest absolute Gasteiger partial charge is 0.125 e. The Labute approximate surface area is 311 Å². The van der Waals surface area contributed by atoms with Crippen molar-refractivity contribution < 1.29 is 9.47 Å². The zero-order chi connectivity index (χ0) is 34.9. The number of ether oxygens (including phenoxy) is 2. The van der Waals surface area contributed by atoms with Crippen LogP contribution in [0.1, 0.15) is 48.3 Å². The van der Waals surface area contributed by atoms with Crippen LogP contribution in [0.3, 0.4) is 0 Å². The van der Waals surface area contributed by atoms with Gasteiger partial charge in [-0.2, -0.15) is 0 Å². The lowest BCUT2D eigenvalue weighted by Crippen LogP contribution is -2.53. The monoisotopic (exact) mass is 687 g/mol. The number of aromatic nitrogens is 1. The zero-order valence-electron chi connectivity index (χ0n) is 29.6. The Hall–Kier alpha value is -5.56. The minimum atomic E-state index is -0.116. The minimum Gasteiger partial charge on any atom is -0.485 e. The maximum atomic E-state index is 7.04. The molecular formula is C50H41NO2. The third kappa shape index (κ3) is 4.86. The summed E-state index contributed by atoms with van der Waals surface area (Å²) in [5, 5.41) is 2.65. The topological polar surface area (TPSA) is 23.4 Å². The average molecular weight is 688 g/mol. The number of para-hydroxylation sites is 2. The van der Waals surface area contributed by atoms with E-state index in [1.54, 1.807) is 0 Å². The average Bonchev–Trinajstić information content (AvgIpc) is 3.57. The molecule has 0 radical (unpaired) electrons. The Morgan fingerprint density at radius 3 is 2.38 bits per heavy atom. The second-order valence-electron chi connectivity index (χ2n) is 15.4. The van der Waals surface area contributed by atoms with Crippen molar-refractivity contribution in [2.75, 3.05) is 0 Å². The van der Waals surface area contributed by atoms with Crippen molar-refractivity contribution in [2.24, 2.45) is 23.7 Å². The summed E-state index contributed by atoms with van der Waals surface area (Å²) in [6, 6.07) is 35.7. The predicted molar refractivity (Wildman–Crippen MR) is 216 cm³/mol. The second-order valence-corrected chi connectivity index (χ2v) is 15.4. The summed E-state index contributed by atoms with van der Waals surface area (Å²) in [7, 11) is 0. The van der Waals surface area contributed by atoms with Crippen LogP contribution >= 0.6 is 0 Å². The number of hydrogen-bond acceptors (Lipinski definition) is 2. The van der Waals surface area contributed by atoms with E-state index in [-0.39, 0.29) is 47.9 Å². The molecular weight excluding hydrogens is 647 g/mol. The molecule has 5 aromatic rings. The highest BCUT2D eigenvalue weighted by atomic mass is 16.5. The number of nitrogens with zero attached hydrogens (tertiary/aromatic N) is 1. The largest absolute Gasteiger partial charge is 0.485 e. The van der Waals surface area contributed by atoms with Crippen molar-refractivity contribution in [2.45, 2.75) is 49.9 Å². The summed E-state index contributed by atoms with van der Waals surface area (Å²) < 4.78 is 16.6. The maximum absolute atomic E-state index is 7.04. The maximum Gasteiger partial charge on any atom is 0.125 e.